The molecule has 1 aliphatic heterocycles. The minimum atomic E-state index is -0.0463. The quantitative estimate of drug-likeness (QED) is 0.904. The topological polar surface area (TPSA) is 64.3 Å². The van der Waals surface area contributed by atoms with Crippen LogP contribution in [0.1, 0.15) is 38.6 Å². The molecule has 1 aliphatic rings. The molecule has 2 N–H and O–H groups in total. The third-order valence-electron chi connectivity index (χ3n) is 3.64. The van der Waals surface area contributed by atoms with E-state index in [0.717, 1.165) is 29.8 Å². The Morgan fingerprint density at radius 3 is 3.06 bits per heavy atom. The number of methoxy groups -OCH3 is 1. The molecule has 3 unspecified atom stereocenters. The standard InChI is InChI=1S/C12H22N4OS/c1-8-4-5-16(10(6-8)7-13)12-14-11(15-18-12)9(2)17-3/h8-10H,4-7,13H2,1-3H3. The van der Waals surface area contributed by atoms with Gasteiger partial charge in [0.15, 0.2) is 5.82 Å². The van der Waals surface area contributed by atoms with E-state index in [9.17, 15) is 0 Å². The average Bonchev–Trinajstić information content (AvgIpc) is 2.87. The molecule has 18 heavy (non-hydrogen) atoms. The smallest absolute Gasteiger partial charge is 0.205 e. The molecule has 2 rings (SSSR count). The first-order valence-electron chi connectivity index (χ1n) is 6.48. The highest BCUT2D eigenvalue weighted by atomic mass is 32.1. The van der Waals surface area contributed by atoms with Crippen molar-refractivity contribution in [2.75, 3.05) is 25.1 Å². The number of rotatable bonds is 4. The molecule has 0 aromatic carbocycles. The van der Waals surface area contributed by atoms with Gasteiger partial charge in [-0.15, -0.1) is 0 Å². The predicted octanol–water partition coefficient (Wildman–Crippen LogP) is 1.81. The summed E-state index contributed by atoms with van der Waals surface area (Å²) in [4.78, 5) is 6.89. The Balaban J connectivity index is 2.12. The first-order valence-corrected chi connectivity index (χ1v) is 7.26. The lowest BCUT2D eigenvalue weighted by Gasteiger charge is -2.37. The minimum absolute atomic E-state index is 0.0463. The number of aromatic nitrogens is 2. The molecule has 1 aromatic heterocycles. The number of hydrogen-bond donors (Lipinski definition) is 1. The number of nitrogens with two attached hydrogens (primary N) is 1. The second kappa shape index (κ2) is 5.95. The molecule has 1 saturated heterocycles. The third-order valence-corrected chi connectivity index (χ3v) is 4.41. The van der Waals surface area contributed by atoms with Crippen LogP contribution in [0, 0.1) is 5.92 Å². The zero-order valence-corrected chi connectivity index (χ0v) is 12.1. The van der Waals surface area contributed by atoms with E-state index >= 15 is 0 Å². The van der Waals surface area contributed by atoms with Crippen molar-refractivity contribution < 1.29 is 4.74 Å². The van der Waals surface area contributed by atoms with Gasteiger partial charge in [-0.1, -0.05) is 6.92 Å². The van der Waals surface area contributed by atoms with Crippen molar-refractivity contribution >= 4 is 16.7 Å². The molecule has 0 amide bonds. The van der Waals surface area contributed by atoms with Gasteiger partial charge in [0, 0.05) is 37.8 Å². The van der Waals surface area contributed by atoms with E-state index in [0.29, 0.717) is 12.6 Å². The average molecular weight is 270 g/mol. The Kier molecular flexibility index (Phi) is 4.53. The molecular formula is C12H22N4OS. The summed E-state index contributed by atoms with van der Waals surface area (Å²) in [6.07, 6.45) is 2.30. The summed E-state index contributed by atoms with van der Waals surface area (Å²) >= 11 is 1.45. The Hall–Kier alpha value is -0.720. The van der Waals surface area contributed by atoms with Crippen LogP contribution in [0.25, 0.3) is 0 Å². The molecule has 5 nitrogen and oxygen atoms in total. The Morgan fingerprint density at radius 1 is 1.61 bits per heavy atom. The van der Waals surface area contributed by atoms with Gasteiger partial charge in [0.25, 0.3) is 0 Å². The number of anilines is 1. The van der Waals surface area contributed by atoms with E-state index in [1.54, 1.807) is 7.11 Å². The molecular weight excluding hydrogens is 248 g/mol. The van der Waals surface area contributed by atoms with Crippen molar-refractivity contribution in [1.29, 1.82) is 0 Å². The fraction of sp³-hybridized carbons (Fsp3) is 0.833. The lowest BCUT2D eigenvalue weighted by Crippen LogP contribution is -2.46. The summed E-state index contributed by atoms with van der Waals surface area (Å²) < 4.78 is 9.62. The summed E-state index contributed by atoms with van der Waals surface area (Å²) in [5.41, 5.74) is 5.88. The monoisotopic (exact) mass is 270 g/mol. The zero-order chi connectivity index (χ0) is 13.1. The second-order valence-electron chi connectivity index (χ2n) is 5.03. The Bertz CT molecular complexity index is 384. The fourth-order valence-electron chi connectivity index (χ4n) is 2.34. The number of ether oxygens (including phenoxy) is 1. The third kappa shape index (κ3) is 2.81. The van der Waals surface area contributed by atoms with Crippen LogP contribution in [0.2, 0.25) is 0 Å². The van der Waals surface area contributed by atoms with Gasteiger partial charge >= 0.3 is 0 Å². The van der Waals surface area contributed by atoms with Gasteiger partial charge in [-0.25, -0.2) is 4.98 Å². The van der Waals surface area contributed by atoms with Crippen molar-refractivity contribution in [1.82, 2.24) is 9.36 Å². The van der Waals surface area contributed by atoms with Crippen LogP contribution in [-0.4, -0.2) is 35.6 Å². The van der Waals surface area contributed by atoms with E-state index in [1.165, 1.54) is 18.0 Å². The highest BCUT2D eigenvalue weighted by Gasteiger charge is 2.28. The molecule has 2 heterocycles. The number of hydrogen-bond acceptors (Lipinski definition) is 6. The SMILES string of the molecule is COC(C)c1nsc(N2CCC(C)CC2CN)n1. The molecule has 0 bridgehead atoms. The summed E-state index contributed by atoms with van der Waals surface area (Å²) in [6.45, 7) is 5.96. The van der Waals surface area contributed by atoms with Crippen LogP contribution in [-0.2, 0) is 4.74 Å². The van der Waals surface area contributed by atoms with Gasteiger partial charge in [-0.05, 0) is 25.7 Å². The van der Waals surface area contributed by atoms with Crippen LogP contribution in [0.3, 0.4) is 0 Å². The molecule has 3 atom stereocenters. The molecule has 0 aliphatic carbocycles. The predicted molar refractivity (Wildman–Crippen MR) is 73.9 cm³/mol. The molecule has 0 spiro atoms. The van der Waals surface area contributed by atoms with Gasteiger partial charge in [0.2, 0.25) is 5.13 Å². The molecule has 6 heteroatoms. The lowest BCUT2D eigenvalue weighted by molar-refractivity contribution is 0.113. The minimum Gasteiger partial charge on any atom is -0.374 e. The van der Waals surface area contributed by atoms with Crippen LogP contribution < -0.4 is 10.6 Å². The first kappa shape index (κ1) is 13.7. The molecule has 102 valence electrons. The van der Waals surface area contributed by atoms with E-state index in [2.05, 4.69) is 21.2 Å². The highest BCUT2D eigenvalue weighted by molar-refractivity contribution is 7.09. The van der Waals surface area contributed by atoms with E-state index in [1.807, 2.05) is 6.92 Å². The van der Waals surface area contributed by atoms with E-state index in [4.69, 9.17) is 10.5 Å². The van der Waals surface area contributed by atoms with Crippen LogP contribution in [0.15, 0.2) is 0 Å². The van der Waals surface area contributed by atoms with Crippen molar-refractivity contribution in [3.05, 3.63) is 5.82 Å². The van der Waals surface area contributed by atoms with Gasteiger partial charge < -0.3 is 15.4 Å². The molecule has 1 aromatic rings. The molecule has 0 saturated carbocycles. The summed E-state index contributed by atoms with van der Waals surface area (Å²) in [6, 6.07) is 0.396. The van der Waals surface area contributed by atoms with Gasteiger partial charge in [-0.3, -0.25) is 0 Å². The summed E-state index contributed by atoms with van der Waals surface area (Å²) in [5.74, 6) is 1.52. The zero-order valence-electron chi connectivity index (χ0n) is 11.3. The highest BCUT2D eigenvalue weighted by Crippen LogP contribution is 2.29. The summed E-state index contributed by atoms with van der Waals surface area (Å²) in [7, 11) is 1.68. The maximum Gasteiger partial charge on any atom is 0.205 e. The van der Waals surface area contributed by atoms with Crippen molar-refractivity contribution in [2.24, 2.45) is 11.7 Å². The van der Waals surface area contributed by atoms with Gasteiger partial charge in [0.1, 0.15) is 6.10 Å². The Morgan fingerprint density at radius 2 is 2.39 bits per heavy atom. The lowest BCUT2D eigenvalue weighted by atomic mass is 9.93. The Labute approximate surface area is 113 Å². The maximum absolute atomic E-state index is 5.88. The largest absolute Gasteiger partial charge is 0.374 e. The molecule has 0 radical (unpaired) electrons. The normalized spacial score (nSPS) is 26.3. The van der Waals surface area contributed by atoms with Crippen molar-refractivity contribution in [2.45, 2.75) is 38.8 Å². The van der Waals surface area contributed by atoms with Crippen LogP contribution >= 0.6 is 11.5 Å². The van der Waals surface area contributed by atoms with Gasteiger partial charge in [-0.2, -0.15) is 4.37 Å². The fourth-order valence-corrected chi connectivity index (χ4v) is 3.18. The van der Waals surface area contributed by atoms with E-state index < -0.39 is 0 Å². The van der Waals surface area contributed by atoms with Crippen LogP contribution in [0.4, 0.5) is 5.13 Å². The first-order chi connectivity index (χ1) is 8.65. The van der Waals surface area contributed by atoms with E-state index in [-0.39, 0.29) is 6.10 Å². The van der Waals surface area contributed by atoms with Crippen molar-refractivity contribution in [3.63, 3.8) is 0 Å². The van der Waals surface area contributed by atoms with Crippen molar-refractivity contribution in [3.8, 4) is 0 Å². The van der Waals surface area contributed by atoms with Gasteiger partial charge in [0.05, 0.1) is 0 Å². The maximum atomic E-state index is 5.88. The summed E-state index contributed by atoms with van der Waals surface area (Å²) in [5, 5.41) is 0.983. The second-order valence-corrected chi connectivity index (χ2v) is 5.76. The van der Waals surface area contributed by atoms with Crippen LogP contribution in [0.5, 0.6) is 0 Å². The number of piperidine rings is 1. The molecule has 1 fully saturated rings. The number of nitrogens with zero attached hydrogens (tertiary/aromatic N) is 3.